The van der Waals surface area contributed by atoms with Crippen molar-refractivity contribution in [2.45, 2.75) is 13.8 Å². The molecule has 0 radical (unpaired) electrons. The van der Waals surface area contributed by atoms with E-state index in [1.807, 2.05) is 0 Å². The number of aromatic nitrogens is 1. The zero-order valence-electron chi connectivity index (χ0n) is 9.53. The minimum absolute atomic E-state index is 0.0153. The summed E-state index contributed by atoms with van der Waals surface area (Å²) in [5.74, 6) is -2.16. The average Bonchev–Trinajstić information content (AvgIpc) is 2.27. The number of rotatable bonds is 4. The van der Waals surface area contributed by atoms with Crippen LogP contribution in [0.4, 0.5) is 4.39 Å². The predicted octanol–water partition coefficient (Wildman–Crippen LogP) is 1.06. The second-order valence-electron chi connectivity index (χ2n) is 4.24. The van der Waals surface area contributed by atoms with Gasteiger partial charge in [-0.25, -0.2) is 4.98 Å². The Morgan fingerprint density at radius 1 is 1.47 bits per heavy atom. The van der Waals surface area contributed by atoms with E-state index < -0.39 is 23.2 Å². The Kier molecular flexibility index (Phi) is 3.77. The highest BCUT2D eigenvalue weighted by atomic mass is 19.1. The third kappa shape index (κ3) is 3.51. The van der Waals surface area contributed by atoms with E-state index in [1.54, 1.807) is 0 Å². The first-order valence-electron chi connectivity index (χ1n) is 4.96. The Hall–Kier alpha value is -1.98. The molecule has 5 nitrogen and oxygen atoms in total. The molecule has 0 atom stereocenters. The fraction of sp³-hybridized carbons (Fsp3) is 0.364. The molecular formula is C11H13FN2O3. The number of nitrogens with zero attached hydrogens (tertiary/aromatic N) is 1. The highest BCUT2D eigenvalue weighted by molar-refractivity contribution is 5.94. The third-order valence-corrected chi connectivity index (χ3v) is 2.26. The van der Waals surface area contributed by atoms with Gasteiger partial charge in [-0.15, -0.1) is 0 Å². The van der Waals surface area contributed by atoms with E-state index in [9.17, 15) is 14.0 Å². The minimum atomic E-state index is -1.05. The van der Waals surface area contributed by atoms with Crippen LogP contribution in [0.15, 0.2) is 18.3 Å². The predicted molar refractivity (Wildman–Crippen MR) is 57.9 cm³/mol. The lowest BCUT2D eigenvalue weighted by Gasteiger charge is -2.19. The normalized spacial score (nSPS) is 11.0. The molecule has 1 rings (SSSR count). The molecule has 0 unspecified atom stereocenters. The Bertz CT molecular complexity index is 429. The molecule has 0 saturated carbocycles. The highest BCUT2D eigenvalue weighted by Crippen LogP contribution is 2.13. The summed E-state index contributed by atoms with van der Waals surface area (Å²) in [5.41, 5.74) is -0.865. The van der Waals surface area contributed by atoms with Crippen LogP contribution < -0.4 is 5.32 Å². The second-order valence-corrected chi connectivity index (χ2v) is 4.24. The van der Waals surface area contributed by atoms with Crippen molar-refractivity contribution in [3.05, 3.63) is 29.8 Å². The van der Waals surface area contributed by atoms with Gasteiger partial charge >= 0.3 is 5.97 Å². The summed E-state index contributed by atoms with van der Waals surface area (Å²) in [6, 6.07) is 2.35. The molecule has 0 fully saturated rings. The fourth-order valence-electron chi connectivity index (χ4n) is 0.989. The van der Waals surface area contributed by atoms with Crippen LogP contribution in [0.5, 0.6) is 0 Å². The quantitative estimate of drug-likeness (QED) is 0.771. The number of aliphatic carboxylic acids is 1. The SMILES string of the molecule is CC(C)(CNC(=O)c1ccc(F)nc1)C(=O)O. The maximum absolute atomic E-state index is 12.5. The minimum Gasteiger partial charge on any atom is -0.481 e. The van der Waals surface area contributed by atoms with Crippen LogP contribution in [-0.2, 0) is 4.79 Å². The number of carbonyl (C=O) groups is 2. The van der Waals surface area contributed by atoms with Gasteiger partial charge in [0, 0.05) is 12.7 Å². The number of nitrogens with one attached hydrogen (secondary N) is 1. The Morgan fingerprint density at radius 2 is 2.12 bits per heavy atom. The first kappa shape index (κ1) is 13.1. The molecule has 1 aromatic rings. The number of carboxylic acids is 1. The van der Waals surface area contributed by atoms with Gasteiger partial charge in [0.25, 0.3) is 5.91 Å². The van der Waals surface area contributed by atoms with Gasteiger partial charge in [-0.05, 0) is 26.0 Å². The number of halogens is 1. The van der Waals surface area contributed by atoms with Gasteiger partial charge in [0.05, 0.1) is 11.0 Å². The molecule has 0 saturated heterocycles. The lowest BCUT2D eigenvalue weighted by Crippen LogP contribution is -2.38. The van der Waals surface area contributed by atoms with E-state index in [2.05, 4.69) is 10.3 Å². The van der Waals surface area contributed by atoms with E-state index in [0.717, 1.165) is 12.3 Å². The summed E-state index contributed by atoms with van der Waals surface area (Å²) >= 11 is 0. The Balaban J connectivity index is 2.62. The number of carbonyl (C=O) groups excluding carboxylic acids is 1. The summed E-state index contributed by atoms with van der Waals surface area (Å²) in [5, 5.41) is 11.3. The smallest absolute Gasteiger partial charge is 0.310 e. The van der Waals surface area contributed by atoms with E-state index in [1.165, 1.54) is 19.9 Å². The Morgan fingerprint density at radius 3 is 2.59 bits per heavy atom. The molecule has 92 valence electrons. The summed E-state index contributed by atoms with van der Waals surface area (Å²) in [7, 11) is 0. The monoisotopic (exact) mass is 240 g/mol. The van der Waals surface area contributed by atoms with Gasteiger partial charge in [0.15, 0.2) is 0 Å². The molecule has 1 aromatic heterocycles. The van der Waals surface area contributed by atoms with Crippen LogP contribution in [-0.4, -0.2) is 28.5 Å². The lowest BCUT2D eigenvalue weighted by atomic mass is 9.94. The van der Waals surface area contributed by atoms with Crippen molar-refractivity contribution in [1.82, 2.24) is 10.3 Å². The summed E-state index contributed by atoms with van der Waals surface area (Å²) in [6.45, 7) is 2.98. The molecule has 0 aliphatic rings. The van der Waals surface area contributed by atoms with Gasteiger partial charge < -0.3 is 10.4 Å². The van der Waals surface area contributed by atoms with Gasteiger partial charge in [0.1, 0.15) is 0 Å². The van der Waals surface area contributed by atoms with Crippen molar-refractivity contribution in [1.29, 1.82) is 0 Å². The van der Waals surface area contributed by atoms with Gasteiger partial charge in [-0.2, -0.15) is 4.39 Å². The second kappa shape index (κ2) is 4.90. The zero-order valence-corrected chi connectivity index (χ0v) is 9.53. The van der Waals surface area contributed by atoms with Crippen molar-refractivity contribution in [2.75, 3.05) is 6.54 Å². The maximum atomic E-state index is 12.5. The molecule has 0 spiro atoms. The number of pyridine rings is 1. The van der Waals surface area contributed by atoms with Crippen molar-refractivity contribution in [3.63, 3.8) is 0 Å². The van der Waals surface area contributed by atoms with Crippen LogP contribution in [0.25, 0.3) is 0 Å². The molecule has 0 aliphatic carbocycles. The molecule has 2 N–H and O–H groups in total. The van der Waals surface area contributed by atoms with Crippen LogP contribution in [0, 0.1) is 11.4 Å². The number of hydrogen-bond acceptors (Lipinski definition) is 3. The van der Waals surface area contributed by atoms with E-state index >= 15 is 0 Å². The standard InChI is InChI=1S/C11H13FN2O3/c1-11(2,10(16)17)6-14-9(15)7-3-4-8(12)13-5-7/h3-5H,6H2,1-2H3,(H,14,15)(H,16,17). The van der Waals surface area contributed by atoms with Crippen molar-refractivity contribution >= 4 is 11.9 Å². The van der Waals surface area contributed by atoms with Crippen molar-refractivity contribution < 1.29 is 19.1 Å². The molecule has 1 heterocycles. The molecule has 1 amide bonds. The summed E-state index contributed by atoms with van der Waals surface area (Å²) < 4.78 is 12.5. The van der Waals surface area contributed by atoms with Crippen LogP contribution in [0.3, 0.4) is 0 Å². The Labute approximate surface area is 97.7 Å². The fourth-order valence-corrected chi connectivity index (χ4v) is 0.989. The number of hydrogen-bond donors (Lipinski definition) is 2. The lowest BCUT2D eigenvalue weighted by molar-refractivity contribution is -0.146. The highest BCUT2D eigenvalue weighted by Gasteiger charge is 2.27. The topological polar surface area (TPSA) is 79.3 Å². The summed E-state index contributed by atoms with van der Waals surface area (Å²) in [6.07, 6.45) is 1.10. The van der Waals surface area contributed by atoms with Crippen molar-refractivity contribution in [3.8, 4) is 0 Å². The first-order valence-corrected chi connectivity index (χ1v) is 4.96. The molecule has 0 aromatic carbocycles. The van der Waals surface area contributed by atoms with Gasteiger partial charge in [-0.1, -0.05) is 0 Å². The average molecular weight is 240 g/mol. The zero-order chi connectivity index (χ0) is 13.1. The first-order chi connectivity index (χ1) is 7.83. The maximum Gasteiger partial charge on any atom is 0.310 e. The third-order valence-electron chi connectivity index (χ3n) is 2.26. The van der Waals surface area contributed by atoms with Crippen molar-refractivity contribution in [2.24, 2.45) is 5.41 Å². The van der Waals surface area contributed by atoms with Crippen LogP contribution in [0.2, 0.25) is 0 Å². The number of amides is 1. The van der Waals surface area contributed by atoms with Gasteiger partial charge in [-0.3, -0.25) is 9.59 Å². The molecule has 0 aliphatic heterocycles. The molecule has 6 heteroatoms. The largest absolute Gasteiger partial charge is 0.481 e. The molecular weight excluding hydrogens is 227 g/mol. The van der Waals surface area contributed by atoms with Gasteiger partial charge in [0.2, 0.25) is 5.95 Å². The van der Waals surface area contributed by atoms with E-state index in [0.29, 0.717) is 0 Å². The molecule has 17 heavy (non-hydrogen) atoms. The van der Waals surface area contributed by atoms with E-state index in [-0.39, 0.29) is 12.1 Å². The molecule has 0 bridgehead atoms. The van der Waals surface area contributed by atoms with E-state index in [4.69, 9.17) is 5.11 Å². The number of carboxylic acid groups (broad SMARTS) is 1. The van der Waals surface area contributed by atoms with Crippen LogP contribution in [0.1, 0.15) is 24.2 Å². The van der Waals surface area contributed by atoms with Crippen LogP contribution >= 0.6 is 0 Å². The summed E-state index contributed by atoms with van der Waals surface area (Å²) in [4.78, 5) is 25.7.